The fourth-order valence-corrected chi connectivity index (χ4v) is 3.73. The number of rotatable bonds is 6. The molecular formula is C14H13N3O2S. The van der Waals surface area contributed by atoms with E-state index in [9.17, 15) is 13.7 Å². The van der Waals surface area contributed by atoms with Gasteiger partial charge in [-0.1, -0.05) is 18.2 Å². The van der Waals surface area contributed by atoms with Gasteiger partial charge in [-0.3, -0.25) is 0 Å². The first kappa shape index (κ1) is 15.7. The van der Waals surface area contributed by atoms with Gasteiger partial charge in [0.15, 0.2) is 14.6 Å². The molecule has 0 atom stereocenters. The summed E-state index contributed by atoms with van der Waals surface area (Å²) in [4.78, 5) is 0.0393. The van der Waals surface area contributed by atoms with E-state index in [1.165, 1.54) is 12.1 Å². The highest BCUT2D eigenvalue weighted by molar-refractivity contribution is 7.93. The highest BCUT2D eigenvalue weighted by atomic mass is 32.2. The molecule has 0 aliphatic rings. The monoisotopic (exact) mass is 287 g/mol. The van der Waals surface area contributed by atoms with E-state index in [4.69, 9.17) is 10.5 Å². The summed E-state index contributed by atoms with van der Waals surface area (Å²) in [6, 6.07) is 13.2. The van der Waals surface area contributed by atoms with Crippen molar-refractivity contribution < 1.29 is 8.42 Å². The van der Waals surface area contributed by atoms with Gasteiger partial charge in [0.2, 0.25) is 0 Å². The Kier molecular flexibility index (Phi) is 5.26. The molecule has 0 bridgehead atoms. The van der Waals surface area contributed by atoms with Crippen LogP contribution in [-0.2, 0) is 9.84 Å². The molecule has 0 heterocycles. The summed E-state index contributed by atoms with van der Waals surface area (Å²) in [5, 5.41) is 26.7. The Bertz CT molecular complexity index is 658. The van der Waals surface area contributed by atoms with Crippen LogP contribution in [-0.4, -0.2) is 13.2 Å². The minimum atomic E-state index is -3.92. The van der Waals surface area contributed by atoms with E-state index in [-0.39, 0.29) is 30.6 Å². The third-order valence-electron chi connectivity index (χ3n) is 3.05. The molecule has 0 radical (unpaired) electrons. The molecule has 0 amide bonds. The molecule has 20 heavy (non-hydrogen) atoms. The van der Waals surface area contributed by atoms with E-state index in [1.807, 2.05) is 18.2 Å². The quantitative estimate of drug-likeness (QED) is 0.798. The smallest absolute Gasteiger partial charge is 0.197 e. The number of nitriles is 3. The Morgan fingerprint density at radius 1 is 0.950 bits per heavy atom. The Balaban J connectivity index is 3.33. The van der Waals surface area contributed by atoms with Crippen LogP contribution in [0.4, 0.5) is 0 Å². The van der Waals surface area contributed by atoms with Crippen molar-refractivity contribution in [1.29, 1.82) is 15.8 Å². The molecule has 0 fully saturated rings. The van der Waals surface area contributed by atoms with Crippen LogP contribution in [0.15, 0.2) is 35.2 Å². The number of benzene rings is 1. The summed E-state index contributed by atoms with van der Waals surface area (Å²) < 4.78 is 23.6. The molecule has 1 aromatic carbocycles. The number of hydrogen-bond acceptors (Lipinski definition) is 5. The summed E-state index contributed by atoms with van der Waals surface area (Å²) in [6.45, 7) is 0. The van der Waals surface area contributed by atoms with Gasteiger partial charge in [-0.2, -0.15) is 15.8 Å². The number of nitrogens with zero attached hydrogens (tertiary/aromatic N) is 3. The first-order valence-corrected chi connectivity index (χ1v) is 7.47. The normalized spacial score (nSPS) is 11.1. The van der Waals surface area contributed by atoms with Gasteiger partial charge in [-0.15, -0.1) is 0 Å². The van der Waals surface area contributed by atoms with E-state index in [0.717, 1.165) is 0 Å². The lowest BCUT2D eigenvalue weighted by Gasteiger charge is -2.24. The zero-order chi connectivity index (χ0) is 15.1. The molecule has 0 aromatic heterocycles. The van der Waals surface area contributed by atoms with E-state index < -0.39 is 14.6 Å². The van der Waals surface area contributed by atoms with Crippen molar-refractivity contribution in [2.24, 2.45) is 0 Å². The van der Waals surface area contributed by atoms with Crippen molar-refractivity contribution in [3.63, 3.8) is 0 Å². The highest BCUT2D eigenvalue weighted by Crippen LogP contribution is 2.33. The lowest BCUT2D eigenvalue weighted by atomic mass is 9.99. The molecule has 1 aromatic rings. The second-order valence-corrected chi connectivity index (χ2v) is 6.50. The Hall–Kier alpha value is -2.36. The molecule has 0 saturated carbocycles. The van der Waals surface area contributed by atoms with E-state index in [1.54, 1.807) is 18.2 Å². The molecule has 1 rings (SSSR count). The van der Waals surface area contributed by atoms with Crippen LogP contribution in [0.2, 0.25) is 0 Å². The summed E-state index contributed by atoms with van der Waals surface area (Å²) >= 11 is 0. The summed E-state index contributed by atoms with van der Waals surface area (Å²) in [7, 11) is -3.92. The maximum atomic E-state index is 12.7. The van der Waals surface area contributed by atoms with Gasteiger partial charge in [-0.05, 0) is 25.0 Å². The van der Waals surface area contributed by atoms with Crippen molar-refractivity contribution >= 4 is 9.84 Å². The SMILES string of the molecule is N#CCCC(C#N)(CCC#N)S(=O)(=O)c1ccccc1. The minimum absolute atomic E-state index is 0.0393. The highest BCUT2D eigenvalue weighted by Gasteiger charge is 2.44. The maximum Gasteiger partial charge on any atom is 0.197 e. The van der Waals surface area contributed by atoms with Crippen LogP contribution in [0.3, 0.4) is 0 Å². The van der Waals surface area contributed by atoms with Crippen molar-refractivity contribution in [3.05, 3.63) is 30.3 Å². The lowest BCUT2D eigenvalue weighted by Crippen LogP contribution is -2.37. The zero-order valence-electron chi connectivity index (χ0n) is 10.8. The fourth-order valence-electron chi connectivity index (χ4n) is 1.91. The van der Waals surface area contributed by atoms with Crippen LogP contribution in [0, 0.1) is 34.0 Å². The van der Waals surface area contributed by atoms with Gasteiger partial charge < -0.3 is 0 Å². The Morgan fingerprint density at radius 2 is 1.45 bits per heavy atom. The van der Waals surface area contributed by atoms with Crippen molar-refractivity contribution in [2.45, 2.75) is 35.3 Å². The second-order valence-electron chi connectivity index (χ2n) is 4.24. The van der Waals surface area contributed by atoms with Crippen molar-refractivity contribution in [2.75, 3.05) is 0 Å². The molecule has 0 aliphatic carbocycles. The van der Waals surface area contributed by atoms with Gasteiger partial charge in [0.05, 0.1) is 23.1 Å². The standard InChI is InChI=1S/C14H13N3O2S/c15-10-4-8-14(12-17,9-5-11-16)20(18,19)13-6-2-1-3-7-13/h1-3,6-7H,4-5,8-9H2. The van der Waals surface area contributed by atoms with Crippen LogP contribution < -0.4 is 0 Å². The molecule has 0 aliphatic heterocycles. The van der Waals surface area contributed by atoms with Crippen molar-refractivity contribution in [1.82, 2.24) is 0 Å². The molecule has 0 N–H and O–H groups in total. The van der Waals surface area contributed by atoms with Crippen molar-refractivity contribution in [3.8, 4) is 18.2 Å². The summed E-state index contributed by atoms with van der Waals surface area (Å²) in [6.07, 6.45) is -0.298. The largest absolute Gasteiger partial charge is 0.222 e. The maximum absolute atomic E-state index is 12.7. The number of sulfone groups is 1. The topological polar surface area (TPSA) is 106 Å². The molecular weight excluding hydrogens is 274 g/mol. The number of hydrogen-bond donors (Lipinski definition) is 0. The third kappa shape index (κ3) is 2.96. The van der Waals surface area contributed by atoms with E-state index in [0.29, 0.717) is 0 Å². The van der Waals surface area contributed by atoms with Crippen LogP contribution >= 0.6 is 0 Å². The molecule has 0 unspecified atom stereocenters. The van der Waals surface area contributed by atoms with Gasteiger partial charge in [0.1, 0.15) is 0 Å². The first-order valence-electron chi connectivity index (χ1n) is 5.99. The Labute approximate surface area is 118 Å². The predicted molar refractivity (Wildman–Crippen MR) is 71.7 cm³/mol. The molecule has 0 saturated heterocycles. The first-order chi connectivity index (χ1) is 9.54. The Morgan fingerprint density at radius 3 is 1.85 bits per heavy atom. The van der Waals surface area contributed by atoms with E-state index in [2.05, 4.69) is 0 Å². The zero-order valence-corrected chi connectivity index (χ0v) is 11.6. The van der Waals surface area contributed by atoms with E-state index >= 15 is 0 Å². The van der Waals surface area contributed by atoms with Gasteiger partial charge in [-0.25, -0.2) is 8.42 Å². The lowest BCUT2D eigenvalue weighted by molar-refractivity contribution is 0.524. The fraction of sp³-hybridized carbons (Fsp3) is 0.357. The van der Waals surface area contributed by atoms with Gasteiger partial charge >= 0.3 is 0 Å². The molecule has 5 nitrogen and oxygen atoms in total. The summed E-state index contributed by atoms with van der Waals surface area (Å²) in [5.41, 5.74) is 0. The van der Waals surface area contributed by atoms with Crippen LogP contribution in [0.25, 0.3) is 0 Å². The third-order valence-corrected chi connectivity index (χ3v) is 5.47. The minimum Gasteiger partial charge on any atom is -0.222 e. The molecule has 6 heteroatoms. The van der Waals surface area contributed by atoms with Gasteiger partial charge in [0.25, 0.3) is 0 Å². The average Bonchev–Trinajstić information content (AvgIpc) is 2.48. The molecule has 102 valence electrons. The predicted octanol–water partition coefficient (Wildman–Crippen LogP) is 2.33. The van der Waals surface area contributed by atoms with Crippen LogP contribution in [0.1, 0.15) is 25.7 Å². The van der Waals surface area contributed by atoms with Crippen LogP contribution in [0.5, 0.6) is 0 Å². The average molecular weight is 287 g/mol. The second kappa shape index (κ2) is 6.70. The summed E-state index contributed by atoms with van der Waals surface area (Å²) in [5.74, 6) is 0. The van der Waals surface area contributed by atoms with Gasteiger partial charge in [0, 0.05) is 12.8 Å². The molecule has 0 spiro atoms.